The molecule has 0 unspecified atom stereocenters. The van der Waals surface area contributed by atoms with Crippen LogP contribution in [0.1, 0.15) is 5.56 Å². The Morgan fingerprint density at radius 2 is 1.86 bits per heavy atom. The van der Waals surface area contributed by atoms with Gasteiger partial charge in [-0.2, -0.15) is 22.8 Å². The van der Waals surface area contributed by atoms with Crippen LogP contribution in [0.15, 0.2) is 18.3 Å². The third-order valence-corrected chi connectivity index (χ3v) is 1.26. The molecule has 0 saturated heterocycles. The van der Waals surface area contributed by atoms with Crippen LogP contribution >= 0.6 is 11.6 Å². The van der Waals surface area contributed by atoms with Gasteiger partial charge in [-0.3, -0.25) is 0 Å². The van der Waals surface area contributed by atoms with Crippen LogP contribution in [0.25, 0.3) is 0 Å². The molecule has 76 valence electrons. The van der Waals surface area contributed by atoms with Crippen LogP contribution in [-0.2, 0) is 15.8 Å². The summed E-state index contributed by atoms with van der Waals surface area (Å²) >= 11 is 5.24. The van der Waals surface area contributed by atoms with Crippen molar-refractivity contribution in [3.05, 3.63) is 29.0 Å². The first-order chi connectivity index (χ1) is 6.41. The fraction of sp³-hybridized carbons (Fsp3) is 0.143. The molecule has 0 aromatic carbocycles. The van der Waals surface area contributed by atoms with E-state index in [4.69, 9.17) is 21.2 Å². The standard InChI is InChI=1S/C6H3ClF3N.CO2/c7-5-3-4(1-2-11-5)6(8,9)10;2-1-3/h1-3H;. The summed E-state index contributed by atoms with van der Waals surface area (Å²) in [4.78, 5) is 19.7. The van der Waals surface area contributed by atoms with Gasteiger partial charge in [0.15, 0.2) is 0 Å². The minimum atomic E-state index is -4.34. The van der Waals surface area contributed by atoms with Gasteiger partial charge in [-0.25, -0.2) is 4.98 Å². The molecular weight excluding hydrogens is 223 g/mol. The second-order valence-electron chi connectivity index (χ2n) is 1.95. The second-order valence-corrected chi connectivity index (χ2v) is 2.34. The predicted octanol–water partition coefficient (Wildman–Crippen LogP) is 2.17. The lowest BCUT2D eigenvalue weighted by molar-refractivity contribution is -0.191. The van der Waals surface area contributed by atoms with Crippen LogP contribution in [-0.4, -0.2) is 11.1 Å². The van der Waals surface area contributed by atoms with Gasteiger partial charge in [0.25, 0.3) is 0 Å². The highest BCUT2D eigenvalue weighted by atomic mass is 35.5. The molecule has 0 amide bonds. The third-order valence-electron chi connectivity index (χ3n) is 1.05. The zero-order valence-electron chi connectivity index (χ0n) is 6.51. The van der Waals surface area contributed by atoms with E-state index in [1.165, 1.54) is 0 Å². The molecule has 0 fully saturated rings. The van der Waals surface area contributed by atoms with E-state index >= 15 is 0 Å². The summed E-state index contributed by atoms with van der Waals surface area (Å²) in [5, 5.41) is -0.153. The Kier molecular flexibility index (Phi) is 4.83. The number of aromatic nitrogens is 1. The van der Waals surface area contributed by atoms with Crippen molar-refractivity contribution >= 4 is 17.8 Å². The highest BCUT2D eigenvalue weighted by molar-refractivity contribution is 6.29. The van der Waals surface area contributed by atoms with Crippen molar-refractivity contribution in [2.75, 3.05) is 0 Å². The maximum atomic E-state index is 11.9. The molecule has 14 heavy (non-hydrogen) atoms. The molecule has 7 heteroatoms. The second kappa shape index (κ2) is 5.36. The Labute approximate surface area is 81.5 Å². The lowest BCUT2D eigenvalue weighted by Crippen LogP contribution is -2.04. The molecule has 1 rings (SSSR count). The van der Waals surface area contributed by atoms with Crippen LogP contribution in [0, 0.1) is 0 Å². The fourth-order valence-corrected chi connectivity index (χ4v) is 0.753. The quantitative estimate of drug-likeness (QED) is 0.636. The maximum absolute atomic E-state index is 11.9. The Bertz CT molecular complexity index is 334. The van der Waals surface area contributed by atoms with E-state index in [0.717, 1.165) is 18.3 Å². The van der Waals surface area contributed by atoms with Crippen molar-refractivity contribution < 1.29 is 22.8 Å². The van der Waals surface area contributed by atoms with Gasteiger partial charge in [-0.05, 0) is 12.1 Å². The number of rotatable bonds is 0. The predicted molar refractivity (Wildman–Crippen MR) is 39.3 cm³/mol. The first-order valence-corrected chi connectivity index (χ1v) is 3.47. The van der Waals surface area contributed by atoms with E-state index in [0.29, 0.717) is 0 Å². The fourth-order valence-electron chi connectivity index (χ4n) is 0.579. The van der Waals surface area contributed by atoms with Crippen LogP contribution in [0.4, 0.5) is 13.2 Å². The molecule has 0 N–H and O–H groups in total. The first-order valence-electron chi connectivity index (χ1n) is 3.10. The van der Waals surface area contributed by atoms with Gasteiger partial charge in [0, 0.05) is 6.20 Å². The van der Waals surface area contributed by atoms with Crippen molar-refractivity contribution in [3.63, 3.8) is 0 Å². The van der Waals surface area contributed by atoms with Crippen LogP contribution in [0.3, 0.4) is 0 Å². The van der Waals surface area contributed by atoms with Crippen molar-refractivity contribution in [1.29, 1.82) is 0 Å². The highest BCUT2D eigenvalue weighted by Crippen LogP contribution is 2.29. The molecule has 0 bridgehead atoms. The zero-order valence-corrected chi connectivity index (χ0v) is 7.26. The summed E-state index contributed by atoms with van der Waals surface area (Å²) in [7, 11) is 0. The third kappa shape index (κ3) is 4.59. The summed E-state index contributed by atoms with van der Waals surface area (Å²) in [5.41, 5.74) is -0.780. The van der Waals surface area contributed by atoms with E-state index in [1.807, 2.05) is 0 Å². The number of nitrogens with zero attached hydrogens (tertiary/aromatic N) is 1. The number of hydrogen-bond donors (Lipinski definition) is 0. The molecular formula is C7H3ClF3NO2. The Morgan fingerprint density at radius 3 is 2.14 bits per heavy atom. The summed E-state index contributed by atoms with van der Waals surface area (Å²) < 4.78 is 35.6. The van der Waals surface area contributed by atoms with E-state index in [9.17, 15) is 13.2 Å². The normalized spacial score (nSPS) is 9.71. The zero-order chi connectivity index (χ0) is 11.2. The minimum absolute atomic E-state index is 0.153. The Balaban J connectivity index is 0.000000500. The molecule has 1 heterocycles. The average Bonchev–Trinajstić information content (AvgIpc) is 2.04. The van der Waals surface area contributed by atoms with Gasteiger partial charge in [0.05, 0.1) is 5.56 Å². The van der Waals surface area contributed by atoms with Gasteiger partial charge in [0.1, 0.15) is 5.15 Å². The lowest BCUT2D eigenvalue weighted by Gasteiger charge is -2.04. The number of hydrogen-bond acceptors (Lipinski definition) is 3. The molecule has 0 spiro atoms. The summed E-state index contributed by atoms with van der Waals surface area (Å²) in [6.07, 6.45) is -3.07. The molecule has 1 aromatic heterocycles. The van der Waals surface area contributed by atoms with E-state index in [-0.39, 0.29) is 11.3 Å². The van der Waals surface area contributed by atoms with Gasteiger partial charge < -0.3 is 0 Å². The molecule has 0 aliphatic rings. The first kappa shape index (κ1) is 12.6. The van der Waals surface area contributed by atoms with Gasteiger partial charge in [0.2, 0.25) is 0 Å². The smallest absolute Gasteiger partial charge is 0.245 e. The van der Waals surface area contributed by atoms with Gasteiger partial charge in [-0.1, -0.05) is 11.6 Å². The Morgan fingerprint density at radius 1 is 1.36 bits per heavy atom. The number of carbonyl (C=O) groups excluding carboxylic acids is 2. The van der Waals surface area contributed by atoms with Crippen molar-refractivity contribution in [2.45, 2.75) is 6.18 Å². The van der Waals surface area contributed by atoms with E-state index in [1.54, 1.807) is 0 Å². The monoisotopic (exact) mass is 225 g/mol. The number of alkyl halides is 3. The average molecular weight is 226 g/mol. The van der Waals surface area contributed by atoms with E-state index < -0.39 is 11.7 Å². The molecule has 0 aliphatic carbocycles. The van der Waals surface area contributed by atoms with Crippen molar-refractivity contribution in [1.82, 2.24) is 4.98 Å². The topological polar surface area (TPSA) is 47.0 Å². The molecule has 0 aliphatic heterocycles. The van der Waals surface area contributed by atoms with Crippen molar-refractivity contribution in [2.24, 2.45) is 0 Å². The lowest BCUT2D eigenvalue weighted by atomic mass is 10.3. The van der Waals surface area contributed by atoms with Gasteiger partial charge >= 0.3 is 12.3 Å². The maximum Gasteiger partial charge on any atom is 0.416 e. The summed E-state index contributed by atoms with van der Waals surface area (Å²) in [6, 6.07) is 1.65. The molecule has 0 radical (unpaired) electrons. The molecule has 3 nitrogen and oxygen atoms in total. The molecule has 0 atom stereocenters. The largest absolute Gasteiger partial charge is 0.416 e. The minimum Gasteiger partial charge on any atom is -0.245 e. The summed E-state index contributed by atoms with van der Waals surface area (Å²) in [5.74, 6) is 0. The van der Waals surface area contributed by atoms with Crippen molar-refractivity contribution in [3.8, 4) is 0 Å². The van der Waals surface area contributed by atoms with Gasteiger partial charge in [-0.15, -0.1) is 0 Å². The van der Waals surface area contributed by atoms with Crippen LogP contribution in [0.5, 0.6) is 0 Å². The summed E-state index contributed by atoms with van der Waals surface area (Å²) in [6.45, 7) is 0. The SMILES string of the molecule is FC(F)(F)c1ccnc(Cl)c1.O=C=O. The van der Waals surface area contributed by atoms with E-state index in [2.05, 4.69) is 4.98 Å². The molecule has 0 saturated carbocycles. The van der Waals surface area contributed by atoms with Crippen LogP contribution < -0.4 is 0 Å². The highest BCUT2D eigenvalue weighted by Gasteiger charge is 2.30. The number of halogens is 4. The number of pyridine rings is 1. The van der Waals surface area contributed by atoms with Crippen LogP contribution in [0.2, 0.25) is 5.15 Å². The Hall–Kier alpha value is -1.39. The molecule has 1 aromatic rings.